The van der Waals surface area contributed by atoms with Crippen molar-refractivity contribution in [3.63, 3.8) is 0 Å². The van der Waals surface area contributed by atoms with Crippen LogP contribution in [0.3, 0.4) is 0 Å². The van der Waals surface area contributed by atoms with Crippen molar-refractivity contribution in [2.24, 2.45) is 0 Å². The van der Waals surface area contributed by atoms with Gasteiger partial charge in [0.15, 0.2) is 5.78 Å². The minimum Gasteiger partial charge on any atom is -0.289 e. The highest BCUT2D eigenvalue weighted by atomic mass is 16.1. The number of carbonyl (C=O) groups is 1. The van der Waals surface area contributed by atoms with Crippen LogP contribution in [0.15, 0.2) is 54.9 Å². The first-order chi connectivity index (χ1) is 10.8. The summed E-state index contributed by atoms with van der Waals surface area (Å²) in [6.07, 6.45) is 13.5. The predicted molar refractivity (Wildman–Crippen MR) is 89.9 cm³/mol. The Morgan fingerprint density at radius 3 is 2.50 bits per heavy atom. The second-order valence-corrected chi connectivity index (χ2v) is 5.94. The maximum absolute atomic E-state index is 12.2. The van der Waals surface area contributed by atoms with E-state index < -0.39 is 0 Å². The number of ketones is 1. The molecule has 0 saturated heterocycles. The first kappa shape index (κ1) is 14.7. The monoisotopic (exact) mass is 291 g/mol. The highest BCUT2D eigenvalue weighted by Gasteiger charge is 2.15. The number of aromatic nitrogens is 1. The number of rotatable bonds is 4. The molecule has 0 N–H and O–H groups in total. The second-order valence-electron chi connectivity index (χ2n) is 5.94. The number of allylic oxidation sites excluding steroid dienone is 1. The van der Waals surface area contributed by atoms with Crippen molar-refractivity contribution >= 4 is 11.9 Å². The van der Waals surface area contributed by atoms with Crippen LogP contribution in [-0.4, -0.2) is 10.8 Å². The number of benzene rings is 1. The summed E-state index contributed by atoms with van der Waals surface area (Å²) >= 11 is 0. The Balaban J connectivity index is 1.67. The molecule has 1 aliphatic carbocycles. The third kappa shape index (κ3) is 3.70. The van der Waals surface area contributed by atoms with Crippen molar-refractivity contribution in [3.8, 4) is 0 Å². The Morgan fingerprint density at radius 2 is 1.82 bits per heavy atom. The van der Waals surface area contributed by atoms with Gasteiger partial charge < -0.3 is 0 Å². The van der Waals surface area contributed by atoms with Gasteiger partial charge in [0.05, 0.1) is 0 Å². The Bertz CT molecular complexity index is 637. The van der Waals surface area contributed by atoms with Crippen LogP contribution < -0.4 is 0 Å². The third-order valence-electron chi connectivity index (χ3n) is 4.38. The standard InChI is InChI=1S/C20H21NO/c22-20(13-8-16-5-4-14-21-15-16)19-11-9-18(10-12-19)17-6-2-1-3-7-17/h4-5,8-15,17H,1-3,6-7H2/b13-8+. The van der Waals surface area contributed by atoms with Gasteiger partial charge in [-0.25, -0.2) is 0 Å². The van der Waals surface area contributed by atoms with Crippen LogP contribution in [0.5, 0.6) is 0 Å². The predicted octanol–water partition coefficient (Wildman–Crippen LogP) is 5.03. The van der Waals surface area contributed by atoms with Gasteiger partial charge in [0, 0.05) is 18.0 Å². The number of pyridine rings is 1. The molecule has 0 amide bonds. The zero-order valence-electron chi connectivity index (χ0n) is 12.7. The Hall–Kier alpha value is -2.22. The number of nitrogens with zero attached hydrogens (tertiary/aromatic N) is 1. The van der Waals surface area contributed by atoms with Gasteiger partial charge in [0.1, 0.15) is 0 Å². The lowest BCUT2D eigenvalue weighted by Crippen LogP contribution is -2.05. The fourth-order valence-electron chi connectivity index (χ4n) is 3.10. The van der Waals surface area contributed by atoms with Crippen molar-refractivity contribution in [2.75, 3.05) is 0 Å². The molecule has 1 heterocycles. The largest absolute Gasteiger partial charge is 0.289 e. The van der Waals surface area contributed by atoms with Gasteiger partial charge in [-0.15, -0.1) is 0 Å². The maximum atomic E-state index is 12.2. The smallest absolute Gasteiger partial charge is 0.185 e. The average molecular weight is 291 g/mol. The fourth-order valence-corrected chi connectivity index (χ4v) is 3.10. The van der Waals surface area contributed by atoms with E-state index in [1.807, 2.05) is 30.3 Å². The van der Waals surface area contributed by atoms with Crippen molar-refractivity contribution < 1.29 is 4.79 Å². The molecular weight excluding hydrogens is 270 g/mol. The van der Waals surface area contributed by atoms with E-state index in [1.165, 1.54) is 37.7 Å². The molecule has 0 unspecified atom stereocenters. The molecule has 22 heavy (non-hydrogen) atoms. The lowest BCUT2D eigenvalue weighted by molar-refractivity contribution is 0.104. The number of carbonyl (C=O) groups excluding carboxylic acids is 1. The van der Waals surface area contributed by atoms with Gasteiger partial charge in [0.25, 0.3) is 0 Å². The maximum Gasteiger partial charge on any atom is 0.185 e. The normalized spacial score (nSPS) is 16.0. The zero-order chi connectivity index (χ0) is 15.2. The lowest BCUT2D eigenvalue weighted by Gasteiger charge is -2.21. The van der Waals surface area contributed by atoms with E-state index in [2.05, 4.69) is 17.1 Å². The molecule has 0 atom stereocenters. The molecule has 1 aromatic heterocycles. The fraction of sp³-hybridized carbons (Fsp3) is 0.300. The summed E-state index contributed by atoms with van der Waals surface area (Å²) in [6, 6.07) is 12.0. The van der Waals surface area contributed by atoms with E-state index in [4.69, 9.17) is 0 Å². The van der Waals surface area contributed by atoms with Crippen molar-refractivity contribution in [2.45, 2.75) is 38.0 Å². The topological polar surface area (TPSA) is 30.0 Å². The summed E-state index contributed by atoms with van der Waals surface area (Å²) in [5.74, 6) is 0.725. The molecule has 0 aliphatic heterocycles. The van der Waals surface area contributed by atoms with E-state index in [0.717, 1.165) is 11.1 Å². The highest BCUT2D eigenvalue weighted by Crippen LogP contribution is 2.32. The Morgan fingerprint density at radius 1 is 1.05 bits per heavy atom. The molecule has 3 rings (SSSR count). The summed E-state index contributed by atoms with van der Waals surface area (Å²) in [4.78, 5) is 16.2. The minimum absolute atomic E-state index is 0.0408. The second kappa shape index (κ2) is 7.17. The molecular formula is C20H21NO. The van der Waals surface area contributed by atoms with E-state index in [9.17, 15) is 4.79 Å². The van der Waals surface area contributed by atoms with Crippen molar-refractivity contribution in [1.29, 1.82) is 0 Å². The molecule has 0 spiro atoms. The first-order valence-electron chi connectivity index (χ1n) is 8.05. The third-order valence-corrected chi connectivity index (χ3v) is 4.38. The SMILES string of the molecule is O=C(/C=C/c1cccnc1)c1ccc(C2CCCCC2)cc1. The summed E-state index contributed by atoms with van der Waals surface area (Å²) in [7, 11) is 0. The average Bonchev–Trinajstić information content (AvgIpc) is 2.61. The van der Waals surface area contributed by atoms with Crippen molar-refractivity contribution in [3.05, 3.63) is 71.6 Å². The highest BCUT2D eigenvalue weighted by molar-refractivity contribution is 6.06. The molecule has 2 heteroatoms. The van der Waals surface area contributed by atoms with E-state index in [0.29, 0.717) is 5.92 Å². The summed E-state index contributed by atoms with van der Waals surface area (Å²) in [5, 5.41) is 0. The Labute approximate surface area is 131 Å². The molecule has 0 bridgehead atoms. The van der Waals surface area contributed by atoms with Crippen LogP contribution in [0.25, 0.3) is 6.08 Å². The van der Waals surface area contributed by atoms with Gasteiger partial charge in [-0.2, -0.15) is 0 Å². The summed E-state index contributed by atoms with van der Waals surface area (Å²) < 4.78 is 0. The molecule has 1 saturated carbocycles. The van der Waals surface area contributed by atoms with Gasteiger partial charge in [-0.05, 0) is 48.1 Å². The molecule has 1 aromatic carbocycles. The molecule has 2 aromatic rings. The van der Waals surface area contributed by atoms with Crippen LogP contribution in [0.4, 0.5) is 0 Å². The Kier molecular flexibility index (Phi) is 4.79. The molecule has 1 aliphatic rings. The number of hydrogen-bond acceptors (Lipinski definition) is 2. The van der Waals surface area contributed by atoms with Gasteiger partial charge in [-0.1, -0.05) is 49.6 Å². The summed E-state index contributed by atoms with van der Waals surface area (Å²) in [6.45, 7) is 0. The van der Waals surface area contributed by atoms with E-state index in [1.54, 1.807) is 18.5 Å². The van der Waals surface area contributed by atoms with Crippen LogP contribution in [0.2, 0.25) is 0 Å². The van der Waals surface area contributed by atoms with Crippen LogP contribution in [-0.2, 0) is 0 Å². The molecule has 1 fully saturated rings. The van der Waals surface area contributed by atoms with Gasteiger partial charge >= 0.3 is 0 Å². The van der Waals surface area contributed by atoms with Crippen LogP contribution in [0, 0.1) is 0 Å². The zero-order valence-corrected chi connectivity index (χ0v) is 12.7. The van der Waals surface area contributed by atoms with Crippen LogP contribution >= 0.6 is 0 Å². The van der Waals surface area contributed by atoms with E-state index in [-0.39, 0.29) is 5.78 Å². The first-order valence-corrected chi connectivity index (χ1v) is 8.05. The van der Waals surface area contributed by atoms with Gasteiger partial charge in [-0.3, -0.25) is 9.78 Å². The van der Waals surface area contributed by atoms with Crippen LogP contribution in [0.1, 0.15) is 59.5 Å². The van der Waals surface area contributed by atoms with E-state index >= 15 is 0 Å². The summed E-state index contributed by atoms with van der Waals surface area (Å²) in [5.41, 5.74) is 3.07. The van der Waals surface area contributed by atoms with Gasteiger partial charge in [0.2, 0.25) is 0 Å². The lowest BCUT2D eigenvalue weighted by atomic mass is 9.84. The minimum atomic E-state index is 0.0408. The molecule has 112 valence electrons. The molecule has 0 radical (unpaired) electrons. The molecule has 2 nitrogen and oxygen atoms in total. The quantitative estimate of drug-likeness (QED) is 0.584. The number of hydrogen-bond donors (Lipinski definition) is 0. The van der Waals surface area contributed by atoms with Crippen molar-refractivity contribution in [1.82, 2.24) is 4.98 Å².